The van der Waals surface area contributed by atoms with Crippen LogP contribution in [0.15, 0.2) is 109 Å². The summed E-state index contributed by atoms with van der Waals surface area (Å²) in [5, 5.41) is 13.9. The highest BCUT2D eigenvalue weighted by molar-refractivity contribution is 7.90. The van der Waals surface area contributed by atoms with E-state index in [4.69, 9.17) is 9.84 Å². The summed E-state index contributed by atoms with van der Waals surface area (Å²) in [6, 6.07) is 28.1. The molecule has 2 saturated carbocycles. The largest absolute Gasteiger partial charge is 0.508 e. The zero-order chi connectivity index (χ0) is 29.1. The number of phenols is 1. The van der Waals surface area contributed by atoms with Gasteiger partial charge in [-0.1, -0.05) is 85.0 Å². The van der Waals surface area contributed by atoms with Crippen molar-refractivity contribution < 1.29 is 18.3 Å². The number of sulfone groups is 1. The van der Waals surface area contributed by atoms with Crippen LogP contribution in [0.5, 0.6) is 11.5 Å². The maximum Gasteiger partial charge on any atom is 0.147 e. The van der Waals surface area contributed by atoms with Crippen molar-refractivity contribution in [3.8, 4) is 11.5 Å². The van der Waals surface area contributed by atoms with Crippen molar-refractivity contribution in [1.82, 2.24) is 0 Å². The summed E-state index contributed by atoms with van der Waals surface area (Å²) in [6.45, 7) is 0.865. The van der Waals surface area contributed by atoms with E-state index in [9.17, 15) is 8.42 Å². The van der Waals surface area contributed by atoms with Gasteiger partial charge in [0.15, 0.2) is 0 Å². The van der Waals surface area contributed by atoms with Crippen molar-refractivity contribution in [2.24, 2.45) is 35.5 Å². The number of benzene rings is 4. The Morgan fingerprint density at radius 3 is 1.76 bits per heavy atom. The Labute approximate surface area is 249 Å². The molecular weight excluding hydrogens is 540 g/mol. The number of hydrogen-bond acceptors (Lipinski definition) is 4. The zero-order valence-electron chi connectivity index (χ0n) is 24.2. The highest BCUT2D eigenvalue weighted by Crippen LogP contribution is 2.44. The fraction of sp³-hybridized carbons (Fsp3) is 0.351. The van der Waals surface area contributed by atoms with Crippen molar-refractivity contribution >= 4 is 31.4 Å². The Morgan fingerprint density at radius 1 is 0.667 bits per heavy atom. The lowest BCUT2D eigenvalue weighted by Gasteiger charge is -2.18. The molecule has 4 aromatic carbocycles. The minimum atomic E-state index is -2.76. The third kappa shape index (κ3) is 7.07. The molecule has 4 aliphatic rings. The predicted octanol–water partition coefficient (Wildman–Crippen LogP) is 8.22. The molecule has 2 fully saturated rings. The van der Waals surface area contributed by atoms with E-state index in [1.54, 1.807) is 12.1 Å². The lowest BCUT2D eigenvalue weighted by Crippen LogP contribution is -2.18. The van der Waals surface area contributed by atoms with E-state index in [0.717, 1.165) is 47.3 Å². The quantitative estimate of drug-likeness (QED) is 0.242. The van der Waals surface area contributed by atoms with E-state index in [1.165, 1.54) is 36.3 Å². The molecule has 0 aliphatic heterocycles. The van der Waals surface area contributed by atoms with Crippen molar-refractivity contribution in [2.75, 3.05) is 18.6 Å². The van der Waals surface area contributed by atoms with Crippen LogP contribution in [0.4, 0.5) is 0 Å². The van der Waals surface area contributed by atoms with Crippen LogP contribution in [0, 0.1) is 35.5 Å². The van der Waals surface area contributed by atoms with E-state index < -0.39 is 9.84 Å². The van der Waals surface area contributed by atoms with E-state index >= 15 is 0 Å². The molecular formula is C37H40O4S. The normalized spacial score (nSPS) is 26.6. The van der Waals surface area contributed by atoms with Gasteiger partial charge in [0.05, 0.1) is 12.4 Å². The van der Waals surface area contributed by atoms with Gasteiger partial charge in [-0.25, -0.2) is 8.42 Å². The van der Waals surface area contributed by atoms with Crippen LogP contribution in [0.3, 0.4) is 0 Å². The standard InChI is InChI=1S/C18H18O.C10H8O.C9H14O2S/c1-2-4-15-11-18(8-7-14(15)3-1)19-12-17-10-13-5-6-16(17)9-13;11-10-6-5-8-3-1-2-4-9(8)7-10;1-12(10,11)6-9-5-7-2-3-8(9)4-7/h1-8,11,13,16-17H,9-10,12H2;1-7,11H;2-3,7-9H,4-6H2,1H3. The Morgan fingerprint density at radius 2 is 1.21 bits per heavy atom. The van der Waals surface area contributed by atoms with Gasteiger partial charge in [0.2, 0.25) is 0 Å². The lowest BCUT2D eigenvalue weighted by atomic mass is 9.95. The van der Waals surface area contributed by atoms with E-state index in [1.807, 2.05) is 30.3 Å². The number of aromatic hydroxyl groups is 1. The topological polar surface area (TPSA) is 63.6 Å². The van der Waals surface area contributed by atoms with Crippen molar-refractivity contribution in [3.05, 3.63) is 109 Å². The first kappa shape index (κ1) is 28.5. The van der Waals surface area contributed by atoms with Crippen LogP contribution in [0.25, 0.3) is 21.5 Å². The summed E-state index contributed by atoms with van der Waals surface area (Å²) in [4.78, 5) is 0. The fourth-order valence-corrected chi connectivity index (χ4v) is 8.36. The second-order valence-electron chi connectivity index (χ2n) is 12.5. The molecule has 4 aromatic rings. The van der Waals surface area contributed by atoms with Crippen molar-refractivity contribution in [3.63, 3.8) is 0 Å². The zero-order valence-corrected chi connectivity index (χ0v) is 25.0. The highest BCUT2D eigenvalue weighted by atomic mass is 32.2. The second-order valence-corrected chi connectivity index (χ2v) is 14.7. The van der Waals surface area contributed by atoms with Crippen LogP contribution in [0.1, 0.15) is 25.7 Å². The molecule has 4 nitrogen and oxygen atoms in total. The van der Waals surface area contributed by atoms with Gasteiger partial charge < -0.3 is 9.84 Å². The Balaban J connectivity index is 0.000000119. The molecule has 4 aliphatic carbocycles. The third-order valence-electron chi connectivity index (χ3n) is 9.27. The second kappa shape index (κ2) is 12.3. The molecule has 5 heteroatoms. The first-order chi connectivity index (χ1) is 20.3. The summed E-state index contributed by atoms with van der Waals surface area (Å²) < 4.78 is 28.1. The van der Waals surface area contributed by atoms with Gasteiger partial charge >= 0.3 is 0 Å². The van der Waals surface area contributed by atoms with E-state index in [0.29, 0.717) is 29.3 Å². The first-order valence-electron chi connectivity index (χ1n) is 15.1. The Kier molecular flexibility index (Phi) is 8.39. The number of phenolic OH excluding ortho intramolecular Hbond substituents is 1. The molecule has 0 aromatic heterocycles. The van der Waals surface area contributed by atoms with E-state index in [2.05, 4.69) is 66.8 Å². The molecule has 0 saturated heterocycles. The van der Waals surface area contributed by atoms with Crippen LogP contribution in [-0.2, 0) is 9.84 Å². The van der Waals surface area contributed by atoms with Crippen LogP contribution in [-0.4, -0.2) is 32.1 Å². The van der Waals surface area contributed by atoms with Gasteiger partial charge in [0.25, 0.3) is 0 Å². The van der Waals surface area contributed by atoms with Gasteiger partial charge in [0.1, 0.15) is 21.3 Å². The fourth-order valence-electron chi connectivity index (χ4n) is 7.20. The molecule has 0 amide bonds. The Hall–Kier alpha value is -3.57. The Bertz CT molecular complexity index is 1710. The maximum absolute atomic E-state index is 11.0. The first-order valence-corrected chi connectivity index (χ1v) is 17.2. The molecule has 6 atom stereocenters. The highest BCUT2D eigenvalue weighted by Gasteiger charge is 2.37. The molecule has 8 rings (SSSR count). The summed E-state index contributed by atoms with van der Waals surface area (Å²) >= 11 is 0. The summed E-state index contributed by atoms with van der Waals surface area (Å²) in [5.41, 5.74) is 0. The SMILES string of the molecule is C1=CC2CC1CC2COc1ccc2ccccc2c1.CS(=O)(=O)CC1CC2C=CC1C2.Oc1ccc2ccccc2c1. The number of allylic oxidation sites excluding steroid dienone is 4. The summed E-state index contributed by atoms with van der Waals surface area (Å²) in [7, 11) is -2.76. The molecule has 1 N–H and O–H groups in total. The minimum absolute atomic E-state index is 0.323. The van der Waals surface area contributed by atoms with Crippen LogP contribution in [0.2, 0.25) is 0 Å². The summed E-state index contributed by atoms with van der Waals surface area (Å²) in [6.07, 6.45) is 15.5. The summed E-state index contributed by atoms with van der Waals surface area (Å²) in [5.74, 6) is 5.69. The average Bonchev–Trinajstić information content (AvgIpc) is 3.79. The molecule has 4 bridgehead atoms. The molecule has 42 heavy (non-hydrogen) atoms. The average molecular weight is 581 g/mol. The van der Waals surface area contributed by atoms with Crippen molar-refractivity contribution in [1.29, 1.82) is 0 Å². The monoisotopic (exact) mass is 580 g/mol. The maximum atomic E-state index is 11.0. The van der Waals surface area contributed by atoms with Gasteiger partial charge in [-0.05, 0) is 107 Å². The molecule has 6 unspecified atom stereocenters. The number of hydrogen-bond donors (Lipinski definition) is 1. The van der Waals surface area contributed by atoms with Crippen LogP contribution < -0.4 is 4.74 Å². The number of fused-ring (bicyclic) bond motifs is 6. The number of rotatable bonds is 5. The number of ether oxygens (including phenoxy) is 1. The van der Waals surface area contributed by atoms with Gasteiger partial charge in [-0.2, -0.15) is 0 Å². The van der Waals surface area contributed by atoms with Crippen molar-refractivity contribution in [2.45, 2.75) is 25.7 Å². The smallest absolute Gasteiger partial charge is 0.147 e. The molecule has 218 valence electrons. The minimum Gasteiger partial charge on any atom is -0.508 e. The van der Waals surface area contributed by atoms with Gasteiger partial charge in [-0.3, -0.25) is 0 Å². The van der Waals surface area contributed by atoms with E-state index in [-0.39, 0.29) is 0 Å². The molecule has 0 heterocycles. The van der Waals surface area contributed by atoms with Gasteiger partial charge in [-0.15, -0.1) is 0 Å². The lowest BCUT2D eigenvalue weighted by molar-refractivity contribution is 0.228. The van der Waals surface area contributed by atoms with Gasteiger partial charge in [0, 0.05) is 6.26 Å². The molecule has 0 spiro atoms. The predicted molar refractivity (Wildman–Crippen MR) is 172 cm³/mol. The molecule has 0 radical (unpaired) electrons. The van der Waals surface area contributed by atoms with Crippen LogP contribution >= 0.6 is 0 Å². The third-order valence-corrected chi connectivity index (χ3v) is 10.3.